The van der Waals surface area contributed by atoms with Crippen molar-refractivity contribution < 1.29 is 14.3 Å². The first kappa shape index (κ1) is 16.5. The molecule has 23 heavy (non-hydrogen) atoms. The molecule has 0 aliphatic carbocycles. The lowest BCUT2D eigenvalue weighted by molar-refractivity contribution is 0.0505. The van der Waals surface area contributed by atoms with Crippen LogP contribution in [0, 0.1) is 0 Å². The molecule has 0 radical (unpaired) electrons. The van der Waals surface area contributed by atoms with Gasteiger partial charge in [0, 0.05) is 18.4 Å². The highest BCUT2D eigenvalue weighted by atomic mass is 16.5. The minimum absolute atomic E-state index is 0.212. The van der Waals surface area contributed by atoms with Gasteiger partial charge in [0.1, 0.15) is 0 Å². The maximum atomic E-state index is 12.3. The average molecular weight is 312 g/mol. The van der Waals surface area contributed by atoms with Crippen molar-refractivity contribution in [3.8, 4) is 0 Å². The topological polar surface area (TPSA) is 67.4 Å². The van der Waals surface area contributed by atoms with Crippen LogP contribution >= 0.6 is 0 Å². The summed E-state index contributed by atoms with van der Waals surface area (Å²) in [6.45, 7) is 2.34. The predicted octanol–water partition coefficient (Wildman–Crippen LogP) is 3.55. The second-order valence-corrected chi connectivity index (χ2v) is 4.96. The van der Waals surface area contributed by atoms with Gasteiger partial charge in [-0.25, -0.2) is 4.79 Å². The van der Waals surface area contributed by atoms with Crippen LogP contribution in [-0.4, -0.2) is 25.5 Å². The van der Waals surface area contributed by atoms with Gasteiger partial charge in [0.2, 0.25) is 0 Å². The van der Waals surface area contributed by atoms with E-state index in [0.29, 0.717) is 23.4 Å². The average Bonchev–Trinajstić information content (AvgIpc) is 2.60. The molecule has 0 saturated carbocycles. The molecular weight excluding hydrogens is 292 g/mol. The van der Waals surface area contributed by atoms with E-state index >= 15 is 0 Å². The number of hydrogen-bond donors (Lipinski definition) is 2. The third-order valence-corrected chi connectivity index (χ3v) is 3.26. The van der Waals surface area contributed by atoms with Crippen molar-refractivity contribution in [3.05, 3.63) is 59.7 Å². The van der Waals surface area contributed by atoms with Gasteiger partial charge in [-0.05, 0) is 42.8 Å². The van der Waals surface area contributed by atoms with E-state index < -0.39 is 0 Å². The first-order valence-corrected chi connectivity index (χ1v) is 7.51. The molecule has 0 unspecified atom stereocenters. The fourth-order valence-corrected chi connectivity index (χ4v) is 2.07. The summed E-state index contributed by atoms with van der Waals surface area (Å²) in [4.78, 5) is 24.0. The summed E-state index contributed by atoms with van der Waals surface area (Å²) >= 11 is 0. The third kappa shape index (κ3) is 4.32. The Bertz CT molecular complexity index is 681. The highest BCUT2D eigenvalue weighted by Crippen LogP contribution is 2.17. The molecule has 0 spiro atoms. The van der Waals surface area contributed by atoms with E-state index in [-0.39, 0.29) is 11.9 Å². The van der Waals surface area contributed by atoms with Crippen LogP contribution in [0.5, 0.6) is 0 Å². The number of benzene rings is 2. The van der Waals surface area contributed by atoms with Crippen molar-refractivity contribution in [2.45, 2.75) is 13.3 Å². The van der Waals surface area contributed by atoms with Crippen molar-refractivity contribution in [3.63, 3.8) is 0 Å². The number of hydrogen-bond acceptors (Lipinski definition) is 4. The van der Waals surface area contributed by atoms with E-state index in [2.05, 4.69) is 10.6 Å². The monoisotopic (exact) mass is 312 g/mol. The zero-order valence-corrected chi connectivity index (χ0v) is 13.3. The summed E-state index contributed by atoms with van der Waals surface area (Å²) in [5.41, 5.74) is 2.39. The van der Waals surface area contributed by atoms with Gasteiger partial charge in [-0.3, -0.25) is 4.79 Å². The molecule has 120 valence electrons. The maximum Gasteiger partial charge on any atom is 0.338 e. The number of amides is 1. The van der Waals surface area contributed by atoms with Crippen molar-refractivity contribution in [1.82, 2.24) is 0 Å². The van der Waals surface area contributed by atoms with Crippen molar-refractivity contribution in [2.24, 2.45) is 0 Å². The lowest BCUT2D eigenvalue weighted by Crippen LogP contribution is -2.14. The Morgan fingerprint density at radius 1 is 1.04 bits per heavy atom. The van der Waals surface area contributed by atoms with Crippen LogP contribution in [0.4, 0.5) is 11.4 Å². The van der Waals surface area contributed by atoms with E-state index in [1.54, 1.807) is 37.4 Å². The van der Waals surface area contributed by atoms with Crippen molar-refractivity contribution >= 4 is 23.3 Å². The van der Waals surface area contributed by atoms with E-state index in [1.165, 1.54) is 0 Å². The molecule has 0 heterocycles. The van der Waals surface area contributed by atoms with Gasteiger partial charge in [0.05, 0.1) is 17.7 Å². The SMILES string of the molecule is CCCOC(=O)c1ccc(NC(=O)c2ccccc2NC)cc1. The minimum atomic E-state index is -0.356. The standard InChI is InChI=1S/C18H20N2O3/c1-3-12-23-18(22)13-8-10-14(11-9-13)20-17(21)15-6-4-5-7-16(15)19-2/h4-11,19H,3,12H2,1-2H3,(H,20,21). The van der Waals surface area contributed by atoms with Crippen LogP contribution in [0.15, 0.2) is 48.5 Å². The Kier molecular flexibility index (Phi) is 5.74. The molecule has 0 saturated heterocycles. The quantitative estimate of drug-likeness (QED) is 0.801. The molecule has 0 aromatic heterocycles. The highest BCUT2D eigenvalue weighted by molar-refractivity contribution is 6.08. The first-order valence-electron chi connectivity index (χ1n) is 7.51. The van der Waals surface area contributed by atoms with Crippen LogP contribution in [-0.2, 0) is 4.74 Å². The summed E-state index contributed by atoms with van der Waals surface area (Å²) in [6.07, 6.45) is 0.782. The Labute approximate surface area is 135 Å². The summed E-state index contributed by atoms with van der Waals surface area (Å²) in [6, 6.07) is 13.9. The molecule has 0 aliphatic rings. The maximum absolute atomic E-state index is 12.3. The molecule has 0 bridgehead atoms. The molecule has 1 amide bonds. The van der Waals surface area contributed by atoms with E-state index in [9.17, 15) is 9.59 Å². The summed E-state index contributed by atoms with van der Waals surface area (Å²) in [5, 5.41) is 5.80. The number of carbonyl (C=O) groups excluding carboxylic acids is 2. The van der Waals surface area contributed by atoms with Gasteiger partial charge in [-0.1, -0.05) is 19.1 Å². The zero-order valence-electron chi connectivity index (χ0n) is 13.3. The second-order valence-electron chi connectivity index (χ2n) is 4.96. The number of rotatable bonds is 6. The molecule has 0 aliphatic heterocycles. The van der Waals surface area contributed by atoms with Gasteiger partial charge < -0.3 is 15.4 Å². The minimum Gasteiger partial charge on any atom is -0.462 e. The van der Waals surface area contributed by atoms with Gasteiger partial charge >= 0.3 is 5.97 Å². The van der Waals surface area contributed by atoms with Crippen LogP contribution in [0.3, 0.4) is 0 Å². The molecule has 2 aromatic rings. The van der Waals surface area contributed by atoms with Gasteiger partial charge in [-0.2, -0.15) is 0 Å². The lowest BCUT2D eigenvalue weighted by atomic mass is 10.1. The van der Waals surface area contributed by atoms with Crippen LogP contribution in [0.1, 0.15) is 34.1 Å². The molecule has 5 heteroatoms. The molecule has 0 atom stereocenters. The number of nitrogens with one attached hydrogen (secondary N) is 2. The number of ether oxygens (including phenoxy) is 1. The molecule has 5 nitrogen and oxygen atoms in total. The number of anilines is 2. The molecular formula is C18H20N2O3. The van der Waals surface area contributed by atoms with Gasteiger partial charge in [-0.15, -0.1) is 0 Å². The molecule has 0 fully saturated rings. The van der Waals surface area contributed by atoms with Crippen LogP contribution in [0.2, 0.25) is 0 Å². The fourth-order valence-electron chi connectivity index (χ4n) is 2.07. The molecule has 2 N–H and O–H groups in total. The van der Waals surface area contributed by atoms with E-state index in [4.69, 9.17) is 4.74 Å². The Balaban J connectivity index is 2.06. The molecule has 2 rings (SSSR count). The Morgan fingerprint density at radius 2 is 1.74 bits per heavy atom. The normalized spacial score (nSPS) is 10.0. The predicted molar refractivity (Wildman–Crippen MR) is 91.0 cm³/mol. The smallest absolute Gasteiger partial charge is 0.338 e. The zero-order chi connectivity index (χ0) is 16.7. The summed E-state index contributed by atoms with van der Waals surface area (Å²) in [7, 11) is 1.77. The van der Waals surface area contributed by atoms with E-state index in [0.717, 1.165) is 12.1 Å². The van der Waals surface area contributed by atoms with Crippen LogP contribution in [0.25, 0.3) is 0 Å². The van der Waals surface area contributed by atoms with Gasteiger partial charge in [0.15, 0.2) is 0 Å². The second kappa shape index (κ2) is 7.98. The largest absolute Gasteiger partial charge is 0.462 e. The Hall–Kier alpha value is -2.82. The van der Waals surface area contributed by atoms with Gasteiger partial charge in [0.25, 0.3) is 5.91 Å². The van der Waals surface area contributed by atoms with Crippen molar-refractivity contribution in [2.75, 3.05) is 24.3 Å². The summed E-state index contributed by atoms with van der Waals surface area (Å²) < 4.78 is 5.06. The van der Waals surface area contributed by atoms with Crippen LogP contribution < -0.4 is 10.6 Å². The first-order chi connectivity index (χ1) is 11.2. The number of esters is 1. The third-order valence-electron chi connectivity index (χ3n) is 3.26. The number of carbonyl (C=O) groups is 2. The highest BCUT2D eigenvalue weighted by Gasteiger charge is 2.11. The summed E-state index contributed by atoms with van der Waals surface area (Å²) in [5.74, 6) is -0.568. The van der Waals surface area contributed by atoms with E-state index in [1.807, 2.05) is 25.1 Å². The Morgan fingerprint density at radius 3 is 2.39 bits per heavy atom. The fraction of sp³-hybridized carbons (Fsp3) is 0.222. The van der Waals surface area contributed by atoms with Crippen molar-refractivity contribution in [1.29, 1.82) is 0 Å². The number of para-hydroxylation sites is 1. The molecule has 2 aromatic carbocycles. The lowest BCUT2D eigenvalue weighted by Gasteiger charge is -2.10.